The van der Waals surface area contributed by atoms with Crippen LogP contribution in [0.2, 0.25) is 0 Å². The molecule has 2 aliphatic heterocycles. The van der Waals surface area contributed by atoms with E-state index in [0.29, 0.717) is 23.6 Å². The zero-order chi connectivity index (χ0) is 18.1. The number of nitrogens with zero attached hydrogens (tertiary/aromatic N) is 3. The number of fused-ring (bicyclic) bond motifs is 3. The first-order valence-corrected chi connectivity index (χ1v) is 8.48. The van der Waals surface area contributed by atoms with Crippen molar-refractivity contribution in [2.45, 2.75) is 25.0 Å². The Hall–Kier alpha value is -3.00. The summed E-state index contributed by atoms with van der Waals surface area (Å²) in [6.07, 6.45) is 6.14. The Morgan fingerprint density at radius 3 is 2.96 bits per heavy atom. The molecule has 2 aromatic rings. The van der Waals surface area contributed by atoms with Crippen LogP contribution in [0.25, 0.3) is 0 Å². The van der Waals surface area contributed by atoms with Crippen molar-refractivity contribution in [1.29, 1.82) is 0 Å². The minimum absolute atomic E-state index is 0.0116. The highest BCUT2D eigenvalue weighted by molar-refractivity contribution is 6.04. The number of hydrogen-bond acceptors (Lipinski definition) is 5. The Morgan fingerprint density at radius 2 is 2.19 bits per heavy atom. The molecule has 1 fully saturated rings. The number of amides is 3. The number of hydrogen-bond donors (Lipinski definition) is 2. The van der Waals surface area contributed by atoms with Crippen molar-refractivity contribution in [3.63, 3.8) is 0 Å². The van der Waals surface area contributed by atoms with Crippen LogP contribution in [0.1, 0.15) is 34.8 Å². The van der Waals surface area contributed by atoms with Crippen LogP contribution in [0, 0.1) is 0 Å². The molecule has 8 heteroatoms. The van der Waals surface area contributed by atoms with Gasteiger partial charge < -0.3 is 15.0 Å². The van der Waals surface area contributed by atoms with Crippen molar-refractivity contribution in [1.82, 2.24) is 14.9 Å². The van der Waals surface area contributed by atoms with Gasteiger partial charge in [-0.1, -0.05) is 6.07 Å². The Labute approximate surface area is 150 Å². The summed E-state index contributed by atoms with van der Waals surface area (Å²) in [4.78, 5) is 34.8. The lowest BCUT2D eigenvalue weighted by Crippen LogP contribution is -2.38. The number of methoxy groups -OCH3 is 1. The predicted octanol–water partition coefficient (Wildman–Crippen LogP) is 2.43. The Morgan fingerprint density at radius 1 is 1.31 bits per heavy atom. The van der Waals surface area contributed by atoms with Gasteiger partial charge in [0.25, 0.3) is 5.91 Å². The molecule has 1 aromatic carbocycles. The summed E-state index contributed by atoms with van der Waals surface area (Å²) in [6.45, 7) is 0.655. The molecule has 26 heavy (non-hydrogen) atoms. The zero-order valence-corrected chi connectivity index (χ0v) is 14.3. The number of urea groups is 1. The molecule has 2 atom stereocenters. The number of carbonyl (C=O) groups is 2. The van der Waals surface area contributed by atoms with E-state index in [9.17, 15) is 9.59 Å². The number of ether oxygens (including phenoxy) is 1. The van der Waals surface area contributed by atoms with Crippen molar-refractivity contribution in [2.24, 2.45) is 0 Å². The zero-order valence-electron chi connectivity index (χ0n) is 14.3. The van der Waals surface area contributed by atoms with Crippen molar-refractivity contribution in [3.8, 4) is 0 Å². The Kier molecular flexibility index (Phi) is 4.26. The number of carbonyl (C=O) groups excluding carboxylic acids is 2. The molecule has 3 amide bonds. The molecule has 8 nitrogen and oxygen atoms in total. The first-order chi connectivity index (χ1) is 12.7. The van der Waals surface area contributed by atoms with E-state index >= 15 is 0 Å². The van der Waals surface area contributed by atoms with E-state index in [4.69, 9.17) is 4.74 Å². The first-order valence-electron chi connectivity index (χ1n) is 8.48. The second-order valence-corrected chi connectivity index (χ2v) is 6.33. The second-order valence-electron chi connectivity index (χ2n) is 6.33. The Bertz CT molecular complexity index is 842. The molecule has 2 N–H and O–H groups in total. The van der Waals surface area contributed by atoms with Crippen LogP contribution in [-0.4, -0.2) is 46.6 Å². The molecule has 0 spiro atoms. The van der Waals surface area contributed by atoms with E-state index in [1.807, 2.05) is 17.0 Å². The van der Waals surface area contributed by atoms with E-state index in [2.05, 4.69) is 20.6 Å². The molecule has 0 bridgehead atoms. The van der Waals surface area contributed by atoms with Crippen LogP contribution in [-0.2, 0) is 4.74 Å². The molecule has 134 valence electrons. The smallest absolute Gasteiger partial charge is 0.324 e. The third-order valence-electron chi connectivity index (χ3n) is 4.87. The summed E-state index contributed by atoms with van der Waals surface area (Å²) in [5.41, 5.74) is 2.12. The van der Waals surface area contributed by atoms with Crippen LogP contribution in [0.15, 0.2) is 36.8 Å². The van der Waals surface area contributed by atoms with E-state index in [1.54, 1.807) is 13.2 Å². The van der Waals surface area contributed by atoms with E-state index in [-0.39, 0.29) is 18.1 Å². The van der Waals surface area contributed by atoms with Crippen LogP contribution in [0.4, 0.5) is 16.3 Å². The SMILES string of the molecule is CO[C@@H]1CCN2C(=O)c3cccc(NC(=O)Nc4cnccn4)c3[C@@H]2C1. The van der Waals surface area contributed by atoms with Gasteiger partial charge in [-0.3, -0.25) is 15.1 Å². The summed E-state index contributed by atoms with van der Waals surface area (Å²) >= 11 is 0. The monoisotopic (exact) mass is 353 g/mol. The lowest BCUT2D eigenvalue weighted by atomic mass is 9.94. The summed E-state index contributed by atoms with van der Waals surface area (Å²) in [5.74, 6) is 0.366. The van der Waals surface area contributed by atoms with Gasteiger partial charge in [-0.05, 0) is 25.0 Å². The summed E-state index contributed by atoms with van der Waals surface area (Å²) in [6, 6.07) is 4.89. The summed E-state index contributed by atoms with van der Waals surface area (Å²) < 4.78 is 5.50. The standard InChI is InChI=1S/C18H19N5O3/c1-26-11-5-8-23-14(9-11)16-12(17(23)24)3-2-4-13(16)21-18(25)22-15-10-19-6-7-20-15/h2-4,6-7,10-11,14H,5,8-9H2,1H3,(H2,20,21,22,25)/t11-,14+/m1/s1. The maximum absolute atomic E-state index is 12.7. The van der Waals surface area contributed by atoms with Gasteiger partial charge in [0.2, 0.25) is 0 Å². The van der Waals surface area contributed by atoms with Gasteiger partial charge in [-0.15, -0.1) is 0 Å². The van der Waals surface area contributed by atoms with Crippen LogP contribution < -0.4 is 10.6 Å². The number of piperidine rings is 1. The molecular formula is C18H19N5O3. The molecule has 1 saturated heterocycles. The molecule has 0 unspecified atom stereocenters. The molecular weight excluding hydrogens is 334 g/mol. The molecule has 2 aliphatic rings. The third-order valence-corrected chi connectivity index (χ3v) is 4.87. The average Bonchev–Trinajstić information content (AvgIpc) is 2.95. The van der Waals surface area contributed by atoms with Gasteiger partial charge in [-0.2, -0.15) is 0 Å². The molecule has 0 radical (unpaired) electrons. The quantitative estimate of drug-likeness (QED) is 0.883. The number of rotatable bonds is 3. The van der Waals surface area contributed by atoms with Gasteiger partial charge in [0.05, 0.1) is 18.3 Å². The summed E-state index contributed by atoms with van der Waals surface area (Å²) in [5, 5.41) is 5.48. The maximum atomic E-state index is 12.7. The molecule has 4 rings (SSSR count). The minimum atomic E-state index is -0.427. The van der Waals surface area contributed by atoms with Crippen molar-refractivity contribution < 1.29 is 14.3 Å². The fraction of sp³-hybridized carbons (Fsp3) is 0.333. The van der Waals surface area contributed by atoms with Crippen LogP contribution in [0.3, 0.4) is 0 Å². The van der Waals surface area contributed by atoms with Crippen molar-refractivity contribution >= 4 is 23.4 Å². The average molecular weight is 353 g/mol. The molecule has 3 heterocycles. The maximum Gasteiger partial charge on any atom is 0.324 e. The summed E-state index contributed by atoms with van der Waals surface area (Å²) in [7, 11) is 1.69. The lowest BCUT2D eigenvalue weighted by molar-refractivity contribution is 0.0172. The van der Waals surface area contributed by atoms with E-state index in [1.165, 1.54) is 18.6 Å². The van der Waals surface area contributed by atoms with Crippen molar-refractivity contribution in [3.05, 3.63) is 47.9 Å². The second kappa shape index (κ2) is 6.72. The van der Waals surface area contributed by atoms with Crippen LogP contribution in [0.5, 0.6) is 0 Å². The normalized spacial score (nSPS) is 21.1. The van der Waals surface area contributed by atoms with E-state index in [0.717, 1.165) is 18.4 Å². The highest BCUT2D eigenvalue weighted by Crippen LogP contribution is 2.44. The fourth-order valence-electron chi connectivity index (χ4n) is 3.67. The molecule has 0 aliphatic carbocycles. The van der Waals surface area contributed by atoms with E-state index < -0.39 is 6.03 Å². The first kappa shape index (κ1) is 16.5. The van der Waals surface area contributed by atoms with Gasteiger partial charge in [0.1, 0.15) is 0 Å². The number of benzene rings is 1. The molecule has 1 aromatic heterocycles. The van der Waals surface area contributed by atoms with Crippen LogP contribution >= 0.6 is 0 Å². The number of nitrogens with one attached hydrogen (secondary N) is 2. The topological polar surface area (TPSA) is 96.5 Å². The third kappa shape index (κ3) is 2.88. The van der Waals surface area contributed by atoms with Gasteiger partial charge >= 0.3 is 6.03 Å². The van der Waals surface area contributed by atoms with Gasteiger partial charge in [0.15, 0.2) is 5.82 Å². The Balaban J connectivity index is 1.59. The van der Waals surface area contributed by atoms with Gasteiger partial charge in [0, 0.05) is 42.9 Å². The minimum Gasteiger partial charge on any atom is -0.381 e. The van der Waals surface area contributed by atoms with Crippen molar-refractivity contribution in [2.75, 3.05) is 24.3 Å². The number of anilines is 2. The predicted molar refractivity (Wildman–Crippen MR) is 94.9 cm³/mol. The van der Waals surface area contributed by atoms with Gasteiger partial charge in [-0.25, -0.2) is 9.78 Å². The fourth-order valence-corrected chi connectivity index (χ4v) is 3.67. The molecule has 0 saturated carbocycles. The largest absolute Gasteiger partial charge is 0.381 e. The number of aromatic nitrogens is 2. The highest BCUT2D eigenvalue weighted by atomic mass is 16.5. The lowest BCUT2D eigenvalue weighted by Gasteiger charge is -2.34. The highest BCUT2D eigenvalue weighted by Gasteiger charge is 2.42.